The van der Waals surface area contributed by atoms with E-state index >= 15 is 0 Å². The van der Waals surface area contributed by atoms with E-state index in [0.29, 0.717) is 52.8 Å². The molecule has 3 N–H and O–H groups in total. The number of anilines is 3. The van der Waals surface area contributed by atoms with Crippen molar-refractivity contribution in [3.05, 3.63) is 66.0 Å². The summed E-state index contributed by atoms with van der Waals surface area (Å²) in [5.41, 5.74) is 2.89. The second-order valence-electron chi connectivity index (χ2n) is 10.5. The Balaban J connectivity index is 1.50. The minimum absolute atomic E-state index is 0.179. The number of aliphatic hydroxyl groups is 1. The molecule has 12 heteroatoms. The maximum Gasteiger partial charge on any atom is 0.255 e. The maximum atomic E-state index is 14.4. The lowest BCUT2D eigenvalue weighted by atomic mass is 10.0. The van der Waals surface area contributed by atoms with Crippen LogP contribution in [-0.2, 0) is 4.74 Å². The first-order chi connectivity index (χ1) is 20.2. The lowest BCUT2D eigenvalue weighted by Gasteiger charge is -2.30. The van der Waals surface area contributed by atoms with Crippen LogP contribution in [-0.4, -0.2) is 77.3 Å². The Labute approximate surface area is 242 Å². The van der Waals surface area contributed by atoms with Crippen LogP contribution in [0.2, 0.25) is 0 Å². The van der Waals surface area contributed by atoms with Crippen molar-refractivity contribution in [2.24, 2.45) is 0 Å². The van der Waals surface area contributed by atoms with Gasteiger partial charge >= 0.3 is 0 Å². The monoisotopic (exact) mass is 573 g/mol. The fourth-order valence-electron chi connectivity index (χ4n) is 4.64. The highest BCUT2D eigenvalue weighted by Gasteiger charge is 2.27. The maximum absolute atomic E-state index is 14.4. The SMILES string of the molecule is COc1cc(Nc2cc(-c3ccc4cc(C#N)cnn34)ncc2C(=O)NCC(F)C(C)(C)O)ccc1N1CCOCC1. The summed E-state index contributed by atoms with van der Waals surface area (Å²) >= 11 is 0. The zero-order chi connectivity index (χ0) is 29.9. The fourth-order valence-corrected chi connectivity index (χ4v) is 4.64. The summed E-state index contributed by atoms with van der Waals surface area (Å²) in [6.45, 7) is 5.08. The highest BCUT2D eigenvalue weighted by atomic mass is 19.1. The summed E-state index contributed by atoms with van der Waals surface area (Å²) in [6, 6.07) is 14.8. The highest BCUT2D eigenvalue weighted by molar-refractivity contribution is 6.00. The molecule has 1 saturated heterocycles. The van der Waals surface area contributed by atoms with Crippen LogP contribution in [0, 0.1) is 11.3 Å². The second-order valence-corrected chi connectivity index (χ2v) is 10.5. The number of ether oxygens (including phenoxy) is 2. The molecule has 1 aliphatic rings. The van der Waals surface area contributed by atoms with E-state index < -0.39 is 17.7 Å². The summed E-state index contributed by atoms with van der Waals surface area (Å²) in [5, 5.41) is 29.4. The van der Waals surface area contributed by atoms with Crippen molar-refractivity contribution in [1.82, 2.24) is 19.9 Å². The normalized spacial score (nSPS) is 14.3. The van der Waals surface area contributed by atoms with Gasteiger partial charge in [-0.2, -0.15) is 10.4 Å². The number of alkyl halides is 1. The number of nitriles is 1. The lowest BCUT2D eigenvalue weighted by Crippen LogP contribution is -2.42. The largest absolute Gasteiger partial charge is 0.495 e. The molecule has 0 bridgehead atoms. The zero-order valence-corrected chi connectivity index (χ0v) is 23.6. The van der Waals surface area contributed by atoms with Crippen molar-refractivity contribution in [3.63, 3.8) is 0 Å². The van der Waals surface area contributed by atoms with Gasteiger partial charge in [-0.3, -0.25) is 9.78 Å². The van der Waals surface area contributed by atoms with Crippen LogP contribution < -0.4 is 20.3 Å². The van der Waals surface area contributed by atoms with E-state index in [-0.39, 0.29) is 12.1 Å². The molecule has 0 radical (unpaired) electrons. The van der Waals surface area contributed by atoms with Gasteiger partial charge in [-0.05, 0) is 50.2 Å². The van der Waals surface area contributed by atoms with E-state index in [0.717, 1.165) is 18.8 Å². The van der Waals surface area contributed by atoms with Gasteiger partial charge in [0, 0.05) is 31.0 Å². The number of hydrogen-bond donors (Lipinski definition) is 3. The van der Waals surface area contributed by atoms with E-state index in [2.05, 4.69) is 31.7 Å². The molecule has 1 amide bonds. The summed E-state index contributed by atoms with van der Waals surface area (Å²) in [4.78, 5) is 19.9. The zero-order valence-electron chi connectivity index (χ0n) is 23.6. The average Bonchev–Trinajstić information content (AvgIpc) is 3.42. The van der Waals surface area contributed by atoms with E-state index in [1.807, 2.05) is 30.3 Å². The molecule has 1 unspecified atom stereocenters. The Morgan fingerprint density at radius 1 is 1.21 bits per heavy atom. The summed E-state index contributed by atoms with van der Waals surface area (Å²) in [6.07, 6.45) is 1.21. The van der Waals surface area contributed by atoms with Crippen LogP contribution in [0.15, 0.2) is 54.9 Å². The number of carbonyl (C=O) groups is 1. The molecule has 11 nitrogen and oxygen atoms in total. The molecule has 0 aliphatic carbocycles. The number of fused-ring (bicyclic) bond motifs is 1. The molecule has 42 heavy (non-hydrogen) atoms. The van der Waals surface area contributed by atoms with Crippen molar-refractivity contribution in [2.75, 3.05) is 50.2 Å². The molecule has 3 aromatic heterocycles. The number of nitrogens with zero attached hydrogens (tertiary/aromatic N) is 5. The van der Waals surface area contributed by atoms with Gasteiger partial charge in [-0.1, -0.05) is 0 Å². The number of aromatic nitrogens is 3. The minimum atomic E-state index is -1.67. The Bertz CT molecular complexity index is 1640. The first kappa shape index (κ1) is 28.8. The van der Waals surface area contributed by atoms with Gasteiger partial charge in [0.1, 0.15) is 18.0 Å². The number of nitrogens with one attached hydrogen (secondary N) is 2. The van der Waals surface area contributed by atoms with Gasteiger partial charge in [0.05, 0.1) is 78.1 Å². The Kier molecular flexibility index (Phi) is 8.24. The summed E-state index contributed by atoms with van der Waals surface area (Å²) < 4.78 is 27.2. The summed E-state index contributed by atoms with van der Waals surface area (Å²) in [5.74, 6) is 0.0971. The van der Waals surface area contributed by atoms with Gasteiger partial charge in [-0.25, -0.2) is 8.91 Å². The van der Waals surface area contributed by atoms with Crippen molar-refractivity contribution >= 4 is 28.5 Å². The number of rotatable bonds is 9. The number of amides is 1. The second kappa shape index (κ2) is 12.0. The quantitative estimate of drug-likeness (QED) is 0.274. The van der Waals surface area contributed by atoms with Crippen LogP contribution >= 0.6 is 0 Å². The molecule has 4 aromatic rings. The van der Waals surface area contributed by atoms with E-state index in [9.17, 15) is 19.6 Å². The fraction of sp³-hybridized carbons (Fsp3) is 0.333. The smallest absolute Gasteiger partial charge is 0.255 e. The van der Waals surface area contributed by atoms with Gasteiger partial charge in [0.25, 0.3) is 5.91 Å². The van der Waals surface area contributed by atoms with Crippen molar-refractivity contribution in [3.8, 4) is 23.2 Å². The standard InChI is InChI=1S/C30H32FN7O4/c1-30(2,40)28(31)18-34-29(39)22-17-33-24(25-7-5-21-12-19(15-32)16-35-38(21)25)14-23(22)36-20-4-6-26(27(13-20)41-3)37-8-10-42-11-9-37/h4-7,12-14,16-17,28,40H,8-11,18H2,1-3H3,(H,33,36)(H,34,39). The van der Waals surface area contributed by atoms with Crippen molar-refractivity contribution in [1.29, 1.82) is 5.26 Å². The Morgan fingerprint density at radius 3 is 2.71 bits per heavy atom. The number of benzene rings is 1. The van der Waals surface area contributed by atoms with Crippen molar-refractivity contribution < 1.29 is 23.8 Å². The molecule has 1 atom stereocenters. The molecule has 0 saturated carbocycles. The van der Waals surface area contributed by atoms with Gasteiger partial charge in [-0.15, -0.1) is 0 Å². The first-order valence-electron chi connectivity index (χ1n) is 13.5. The van der Waals surface area contributed by atoms with Crippen LogP contribution in [0.5, 0.6) is 5.75 Å². The van der Waals surface area contributed by atoms with E-state index in [1.165, 1.54) is 26.2 Å². The lowest BCUT2D eigenvalue weighted by molar-refractivity contribution is -0.00177. The number of halogens is 1. The van der Waals surface area contributed by atoms with E-state index in [4.69, 9.17) is 9.47 Å². The topological polar surface area (TPSA) is 137 Å². The van der Waals surface area contributed by atoms with Crippen LogP contribution in [0.3, 0.4) is 0 Å². The molecule has 1 aromatic carbocycles. The number of carbonyl (C=O) groups excluding carboxylic acids is 1. The Morgan fingerprint density at radius 2 is 2.00 bits per heavy atom. The molecule has 218 valence electrons. The third-order valence-corrected chi connectivity index (χ3v) is 7.06. The molecule has 5 rings (SSSR count). The van der Waals surface area contributed by atoms with Crippen LogP contribution in [0.4, 0.5) is 21.5 Å². The molecule has 1 aliphatic heterocycles. The molecular formula is C30H32FN7O4. The number of morpholine rings is 1. The third kappa shape index (κ3) is 6.12. The molecule has 1 fully saturated rings. The molecule has 0 spiro atoms. The highest BCUT2D eigenvalue weighted by Crippen LogP contribution is 2.34. The van der Waals surface area contributed by atoms with Crippen LogP contribution in [0.1, 0.15) is 29.8 Å². The predicted octanol–water partition coefficient (Wildman–Crippen LogP) is 3.70. The van der Waals surface area contributed by atoms with Gasteiger partial charge in [0.2, 0.25) is 0 Å². The average molecular weight is 574 g/mol. The Hall–Kier alpha value is -4.73. The number of pyridine rings is 1. The predicted molar refractivity (Wildman–Crippen MR) is 156 cm³/mol. The molecular weight excluding hydrogens is 541 g/mol. The number of methoxy groups -OCH3 is 1. The van der Waals surface area contributed by atoms with Gasteiger partial charge in [0.15, 0.2) is 0 Å². The van der Waals surface area contributed by atoms with Crippen molar-refractivity contribution in [2.45, 2.75) is 25.6 Å². The third-order valence-electron chi connectivity index (χ3n) is 7.06. The minimum Gasteiger partial charge on any atom is -0.495 e. The van der Waals surface area contributed by atoms with Crippen LogP contribution in [0.25, 0.3) is 16.9 Å². The molecule has 4 heterocycles. The first-order valence-corrected chi connectivity index (χ1v) is 13.5. The van der Waals surface area contributed by atoms with E-state index in [1.54, 1.807) is 23.8 Å². The number of hydrogen-bond acceptors (Lipinski definition) is 9. The van der Waals surface area contributed by atoms with Gasteiger partial charge < -0.3 is 30.1 Å². The summed E-state index contributed by atoms with van der Waals surface area (Å²) in [7, 11) is 1.60.